The standard InChI is InChI=1S/C21H24N8O2/c1-11-9-31-10-13-5-14-12(2)27-28(4)19(14)16(6-13)25-17-7-18(22-3)29-20(26-17)15(8-23-29)21(30)24-11/h5-8,11,22H,9-10H2,1-4H3,(H,24,30)(H,25,26)/t11-/m1/s1. The van der Waals surface area contributed by atoms with E-state index in [9.17, 15) is 4.79 Å². The summed E-state index contributed by atoms with van der Waals surface area (Å²) in [6.45, 7) is 4.72. The van der Waals surface area contributed by atoms with E-state index in [4.69, 9.17) is 9.72 Å². The number of aryl methyl sites for hydroxylation is 2. The van der Waals surface area contributed by atoms with Crippen LogP contribution in [0.1, 0.15) is 28.5 Å². The summed E-state index contributed by atoms with van der Waals surface area (Å²) in [4.78, 5) is 17.6. The van der Waals surface area contributed by atoms with Gasteiger partial charge in [0.1, 0.15) is 17.2 Å². The molecule has 31 heavy (non-hydrogen) atoms. The van der Waals surface area contributed by atoms with Crippen LogP contribution in [-0.2, 0) is 18.4 Å². The minimum atomic E-state index is -0.238. The number of hydrogen-bond acceptors (Lipinski definition) is 7. The molecule has 4 bridgehead atoms. The summed E-state index contributed by atoms with van der Waals surface area (Å²) >= 11 is 0. The predicted octanol–water partition coefficient (Wildman–Crippen LogP) is 2.36. The lowest BCUT2D eigenvalue weighted by Gasteiger charge is -2.17. The fraction of sp³-hybridized carbons (Fsp3) is 0.333. The average molecular weight is 420 g/mol. The molecule has 0 radical (unpaired) electrons. The summed E-state index contributed by atoms with van der Waals surface area (Å²) in [5.41, 5.74) is 4.67. The van der Waals surface area contributed by atoms with Crippen molar-refractivity contribution in [3.05, 3.63) is 41.2 Å². The second kappa shape index (κ2) is 7.24. The van der Waals surface area contributed by atoms with Crippen LogP contribution in [0.5, 0.6) is 0 Å². The van der Waals surface area contributed by atoms with Crippen LogP contribution in [0.15, 0.2) is 24.4 Å². The third kappa shape index (κ3) is 3.25. The van der Waals surface area contributed by atoms with Crippen LogP contribution in [0.4, 0.5) is 17.3 Å². The summed E-state index contributed by atoms with van der Waals surface area (Å²) in [6.07, 6.45) is 1.53. The van der Waals surface area contributed by atoms with Gasteiger partial charge in [0.05, 0.1) is 36.3 Å². The first-order valence-electron chi connectivity index (χ1n) is 10.1. The van der Waals surface area contributed by atoms with Crippen LogP contribution in [0.25, 0.3) is 16.6 Å². The Kier molecular flexibility index (Phi) is 4.51. The van der Waals surface area contributed by atoms with Crippen LogP contribution in [-0.4, -0.2) is 50.0 Å². The molecule has 1 aliphatic rings. The third-order valence-corrected chi connectivity index (χ3v) is 5.43. The molecule has 1 amide bonds. The topological polar surface area (TPSA) is 110 Å². The van der Waals surface area contributed by atoms with Crippen molar-refractivity contribution in [2.45, 2.75) is 26.5 Å². The number of rotatable bonds is 1. The van der Waals surface area contributed by atoms with Crippen molar-refractivity contribution in [3.8, 4) is 0 Å². The van der Waals surface area contributed by atoms with Gasteiger partial charge in [-0.1, -0.05) is 0 Å². The molecule has 5 rings (SSSR count). The number of ether oxygens (including phenoxy) is 1. The fourth-order valence-corrected chi connectivity index (χ4v) is 4.03. The van der Waals surface area contributed by atoms with Gasteiger partial charge in [0.15, 0.2) is 5.65 Å². The zero-order valence-corrected chi connectivity index (χ0v) is 17.9. The largest absolute Gasteiger partial charge is 0.375 e. The molecule has 0 saturated heterocycles. The molecule has 10 heteroatoms. The number of hydrogen-bond donors (Lipinski definition) is 3. The smallest absolute Gasteiger partial charge is 0.257 e. The van der Waals surface area contributed by atoms with E-state index >= 15 is 0 Å². The Labute approximate surface area is 178 Å². The Bertz CT molecular complexity index is 1320. The summed E-state index contributed by atoms with van der Waals surface area (Å²) in [5.74, 6) is 1.07. The Morgan fingerprint density at radius 1 is 1.29 bits per heavy atom. The molecule has 10 nitrogen and oxygen atoms in total. The second-order valence-electron chi connectivity index (χ2n) is 7.83. The predicted molar refractivity (Wildman–Crippen MR) is 118 cm³/mol. The lowest BCUT2D eigenvalue weighted by atomic mass is 10.1. The van der Waals surface area contributed by atoms with E-state index in [1.807, 2.05) is 31.6 Å². The molecule has 0 saturated carbocycles. The molecule has 1 atom stereocenters. The van der Waals surface area contributed by atoms with Crippen molar-refractivity contribution in [3.63, 3.8) is 0 Å². The summed E-state index contributed by atoms with van der Waals surface area (Å²) < 4.78 is 9.38. The first-order chi connectivity index (χ1) is 14.9. The Balaban J connectivity index is 1.74. The average Bonchev–Trinajstić information content (AvgIpc) is 3.28. The number of carbonyl (C=O) groups is 1. The highest BCUT2D eigenvalue weighted by atomic mass is 16.5. The zero-order valence-electron chi connectivity index (χ0n) is 17.9. The lowest BCUT2D eigenvalue weighted by Crippen LogP contribution is -2.35. The Morgan fingerprint density at radius 2 is 2.13 bits per heavy atom. The minimum Gasteiger partial charge on any atom is -0.375 e. The van der Waals surface area contributed by atoms with Gasteiger partial charge >= 0.3 is 0 Å². The van der Waals surface area contributed by atoms with Crippen LogP contribution < -0.4 is 16.0 Å². The Hall–Kier alpha value is -3.66. The van der Waals surface area contributed by atoms with Crippen LogP contribution in [0.3, 0.4) is 0 Å². The summed E-state index contributed by atoms with van der Waals surface area (Å²) in [7, 11) is 3.73. The highest BCUT2D eigenvalue weighted by molar-refractivity contribution is 6.00. The van der Waals surface area contributed by atoms with Gasteiger partial charge in [-0.2, -0.15) is 14.7 Å². The molecule has 0 spiro atoms. The van der Waals surface area contributed by atoms with Gasteiger partial charge in [-0.15, -0.1) is 0 Å². The van der Waals surface area contributed by atoms with Gasteiger partial charge in [0.2, 0.25) is 0 Å². The van der Waals surface area contributed by atoms with E-state index < -0.39 is 0 Å². The van der Waals surface area contributed by atoms with Crippen LogP contribution >= 0.6 is 0 Å². The quantitative estimate of drug-likeness (QED) is 0.434. The SMILES string of the molecule is CNc1cc2nc3c(cnn13)C(=O)N[C@H](C)COCc1cc(c3c(c1)c(C)nn3C)N2. The molecule has 0 unspecified atom stereocenters. The molecule has 1 aromatic carbocycles. The molecule has 0 fully saturated rings. The van der Waals surface area contributed by atoms with Gasteiger partial charge in [-0.05, 0) is 31.5 Å². The van der Waals surface area contributed by atoms with E-state index in [0.29, 0.717) is 36.1 Å². The van der Waals surface area contributed by atoms with E-state index in [1.165, 1.54) is 6.20 Å². The molecule has 0 aliphatic carbocycles. The molecule has 3 aromatic heterocycles. The summed E-state index contributed by atoms with van der Waals surface area (Å²) in [5, 5.41) is 19.5. The lowest BCUT2D eigenvalue weighted by molar-refractivity contribution is 0.0822. The number of anilines is 3. The zero-order chi connectivity index (χ0) is 21.7. The first kappa shape index (κ1) is 19.3. The van der Waals surface area contributed by atoms with Gasteiger partial charge in [0.25, 0.3) is 5.91 Å². The van der Waals surface area contributed by atoms with Crippen LogP contribution in [0.2, 0.25) is 0 Å². The molecular weight excluding hydrogens is 396 g/mol. The molecule has 4 aromatic rings. The normalized spacial score (nSPS) is 16.9. The number of nitrogens with zero attached hydrogens (tertiary/aromatic N) is 5. The van der Waals surface area contributed by atoms with Crippen LogP contribution in [0, 0.1) is 6.92 Å². The highest BCUT2D eigenvalue weighted by Crippen LogP contribution is 2.31. The molecule has 1 aliphatic heterocycles. The van der Waals surface area contributed by atoms with E-state index in [2.05, 4.69) is 38.3 Å². The maximum Gasteiger partial charge on any atom is 0.257 e. The van der Waals surface area contributed by atoms with Crippen molar-refractivity contribution in [2.24, 2.45) is 7.05 Å². The highest BCUT2D eigenvalue weighted by Gasteiger charge is 2.20. The maximum absolute atomic E-state index is 12.8. The number of benzene rings is 1. The molecular formula is C21H24N8O2. The van der Waals surface area contributed by atoms with Crippen molar-refractivity contribution in [1.82, 2.24) is 29.7 Å². The van der Waals surface area contributed by atoms with E-state index in [-0.39, 0.29) is 11.9 Å². The van der Waals surface area contributed by atoms with Gasteiger partial charge < -0.3 is 20.7 Å². The van der Waals surface area contributed by atoms with Gasteiger partial charge in [-0.3, -0.25) is 9.48 Å². The van der Waals surface area contributed by atoms with Gasteiger partial charge in [0, 0.05) is 31.6 Å². The number of nitrogens with one attached hydrogen (secondary N) is 3. The third-order valence-electron chi connectivity index (χ3n) is 5.43. The molecule has 3 N–H and O–H groups in total. The summed E-state index contributed by atoms with van der Waals surface area (Å²) in [6, 6.07) is 5.84. The molecule has 4 heterocycles. The molecule has 160 valence electrons. The second-order valence-corrected chi connectivity index (χ2v) is 7.83. The first-order valence-corrected chi connectivity index (χ1v) is 10.1. The van der Waals surface area contributed by atoms with Crippen molar-refractivity contribution < 1.29 is 9.53 Å². The van der Waals surface area contributed by atoms with E-state index in [0.717, 1.165) is 27.8 Å². The number of amides is 1. The minimum absolute atomic E-state index is 0.168. The van der Waals surface area contributed by atoms with Crippen molar-refractivity contribution >= 4 is 39.8 Å². The van der Waals surface area contributed by atoms with E-state index in [1.54, 1.807) is 11.6 Å². The maximum atomic E-state index is 12.8. The Morgan fingerprint density at radius 3 is 2.94 bits per heavy atom. The van der Waals surface area contributed by atoms with Gasteiger partial charge in [-0.25, -0.2) is 4.98 Å². The number of aromatic nitrogens is 5. The number of fused-ring (bicyclic) bond motifs is 5. The fourth-order valence-electron chi connectivity index (χ4n) is 4.03. The van der Waals surface area contributed by atoms with Crippen molar-refractivity contribution in [1.29, 1.82) is 0 Å². The number of carbonyl (C=O) groups excluding carboxylic acids is 1. The monoisotopic (exact) mass is 420 g/mol. The van der Waals surface area contributed by atoms with Crippen molar-refractivity contribution in [2.75, 3.05) is 24.3 Å².